The molecule has 0 bridgehead atoms. The zero-order valence-corrected chi connectivity index (χ0v) is 17.8. The van der Waals surface area contributed by atoms with Crippen molar-refractivity contribution >= 4 is 32.6 Å². The third-order valence-corrected chi connectivity index (χ3v) is 3.10. The molecule has 11 heteroatoms. The van der Waals surface area contributed by atoms with Crippen LogP contribution < -0.4 is 103 Å². The van der Waals surface area contributed by atoms with Gasteiger partial charge in [-0.1, -0.05) is 6.07 Å². The number of halogens is 1. The molecule has 0 saturated heterocycles. The van der Waals surface area contributed by atoms with Crippen LogP contribution in [-0.2, 0) is 20.2 Å². The fourth-order valence-corrected chi connectivity index (χ4v) is 1.92. The molecule has 0 aliphatic carbocycles. The Hall–Kier alpha value is 2.60. The molecule has 0 radical (unpaired) electrons. The second kappa shape index (κ2) is 9.52. The Morgan fingerprint density at radius 3 is 1.41 bits per heavy atom. The molecule has 0 fully saturated rings. The summed E-state index contributed by atoms with van der Waals surface area (Å²) in [4.78, 5) is -1.18. The summed E-state index contributed by atoms with van der Waals surface area (Å²) >= 11 is 0. The van der Waals surface area contributed by atoms with Crippen molar-refractivity contribution in [2.24, 2.45) is 0 Å². The third kappa shape index (κ3) is 8.47. The molecule has 1 aromatic rings. The predicted octanol–water partition coefficient (Wildman–Crippen LogP) is -5.17. The number of benzene rings is 1. The van der Waals surface area contributed by atoms with Crippen LogP contribution in [0.2, 0.25) is 0 Å². The van der Waals surface area contributed by atoms with Gasteiger partial charge in [0.2, 0.25) is 0 Å². The van der Waals surface area contributed by atoms with E-state index in [2.05, 4.69) is 0 Å². The molecule has 90 valence electrons. The third-order valence-electron chi connectivity index (χ3n) is 1.40. The van der Waals surface area contributed by atoms with Gasteiger partial charge in [-0.3, -0.25) is 9.11 Å². The molecule has 0 saturated carbocycles. The smallest absolute Gasteiger partial charge is 1.00 e. The molecular formula is C6H9ClK2O6S2. The summed E-state index contributed by atoms with van der Waals surface area (Å²) in [6.07, 6.45) is 0. The van der Waals surface area contributed by atoms with E-state index < -0.39 is 30.0 Å². The fourth-order valence-electron chi connectivity index (χ4n) is 0.795. The van der Waals surface area contributed by atoms with Crippen LogP contribution in [0.3, 0.4) is 0 Å². The van der Waals surface area contributed by atoms with Gasteiger partial charge in [0.15, 0.2) is 0 Å². The van der Waals surface area contributed by atoms with E-state index in [9.17, 15) is 16.8 Å². The Morgan fingerprint density at radius 2 is 1.18 bits per heavy atom. The van der Waals surface area contributed by atoms with Crippen molar-refractivity contribution in [2.75, 3.05) is 0 Å². The van der Waals surface area contributed by atoms with E-state index in [1.165, 1.54) is 0 Å². The maximum absolute atomic E-state index is 10.6. The summed E-state index contributed by atoms with van der Waals surface area (Å²) in [6.45, 7) is 0. The Bertz CT molecular complexity index is 518. The largest absolute Gasteiger partial charge is 1.00 e. The van der Waals surface area contributed by atoms with Gasteiger partial charge in [0, 0.05) is 0 Å². The van der Waals surface area contributed by atoms with Crippen LogP contribution in [0, 0.1) is 0 Å². The molecule has 6 nitrogen and oxygen atoms in total. The molecule has 0 heterocycles. The van der Waals surface area contributed by atoms with Crippen LogP contribution in [0.15, 0.2) is 34.1 Å². The van der Waals surface area contributed by atoms with Gasteiger partial charge >= 0.3 is 103 Å². The number of hydrogen-bond acceptors (Lipinski definition) is 4. The standard InChI is InChI=1S/C6H6O6S2.ClH.2K.2H/c7-13(8,9)5-2-1-3-6(4-5)14(10,11)12;;;;;/h1-4H,(H,7,8,9)(H,10,11,12);1H;;;;/q;;2*+1;2*-1. The summed E-state index contributed by atoms with van der Waals surface area (Å²) < 4.78 is 59.5. The van der Waals surface area contributed by atoms with Crippen molar-refractivity contribution in [3.63, 3.8) is 0 Å². The van der Waals surface area contributed by atoms with Crippen LogP contribution >= 0.6 is 12.4 Å². The summed E-state index contributed by atoms with van der Waals surface area (Å²) in [7, 11) is -8.92. The maximum atomic E-state index is 10.6. The van der Waals surface area contributed by atoms with Crippen molar-refractivity contribution in [3.8, 4) is 0 Å². The molecule has 0 atom stereocenters. The van der Waals surface area contributed by atoms with Crippen LogP contribution in [0.1, 0.15) is 2.85 Å². The van der Waals surface area contributed by atoms with E-state index in [4.69, 9.17) is 9.11 Å². The quantitative estimate of drug-likeness (QED) is 0.406. The van der Waals surface area contributed by atoms with Crippen molar-refractivity contribution in [1.82, 2.24) is 0 Å². The Kier molecular flexibility index (Phi) is 13.8. The number of rotatable bonds is 2. The van der Waals surface area contributed by atoms with Crippen LogP contribution in [0.25, 0.3) is 0 Å². The van der Waals surface area contributed by atoms with Crippen molar-refractivity contribution in [2.45, 2.75) is 9.79 Å². The van der Waals surface area contributed by atoms with E-state index in [0.29, 0.717) is 6.07 Å². The average molecular weight is 355 g/mol. The average Bonchev–Trinajstić information content (AvgIpc) is 2.01. The van der Waals surface area contributed by atoms with Crippen LogP contribution in [0.4, 0.5) is 0 Å². The summed E-state index contributed by atoms with van der Waals surface area (Å²) in [6, 6.07) is 3.75. The van der Waals surface area contributed by atoms with E-state index in [1.807, 2.05) is 0 Å². The van der Waals surface area contributed by atoms with Gasteiger partial charge in [0.1, 0.15) is 0 Å². The van der Waals surface area contributed by atoms with Crippen LogP contribution in [-0.4, -0.2) is 25.9 Å². The fraction of sp³-hybridized carbons (Fsp3) is 0. The van der Waals surface area contributed by atoms with Gasteiger partial charge in [0.25, 0.3) is 20.2 Å². The SMILES string of the molecule is Cl.O=S(=O)(O)c1cccc(S(=O)(=O)O)c1.[H-].[H-].[K+].[K+]. The second-order valence-electron chi connectivity index (χ2n) is 2.42. The van der Waals surface area contributed by atoms with Crippen molar-refractivity contribution in [1.29, 1.82) is 0 Å². The van der Waals surface area contributed by atoms with Crippen molar-refractivity contribution < 1.29 is 132 Å². The first-order chi connectivity index (χ1) is 6.21. The molecule has 0 aliphatic heterocycles. The first-order valence-electron chi connectivity index (χ1n) is 3.26. The molecule has 0 aromatic heterocycles. The summed E-state index contributed by atoms with van der Waals surface area (Å²) in [5.74, 6) is 0. The Balaban J connectivity index is -0.000000131. The van der Waals surface area contributed by atoms with Gasteiger partial charge in [-0.15, -0.1) is 12.4 Å². The molecule has 1 rings (SSSR count). The topological polar surface area (TPSA) is 109 Å². The van der Waals surface area contributed by atoms with Crippen molar-refractivity contribution in [3.05, 3.63) is 24.3 Å². The molecule has 0 amide bonds. The molecule has 0 spiro atoms. The Labute approximate surface area is 194 Å². The van der Waals surface area contributed by atoms with Gasteiger partial charge in [0.05, 0.1) is 9.79 Å². The van der Waals surface area contributed by atoms with E-state index >= 15 is 0 Å². The monoisotopic (exact) mass is 354 g/mol. The van der Waals surface area contributed by atoms with E-state index in [-0.39, 0.29) is 118 Å². The van der Waals surface area contributed by atoms with Gasteiger partial charge in [-0.2, -0.15) is 16.8 Å². The van der Waals surface area contributed by atoms with Gasteiger partial charge in [-0.05, 0) is 18.2 Å². The summed E-state index contributed by atoms with van der Waals surface area (Å²) in [5.41, 5.74) is 0. The molecule has 17 heavy (non-hydrogen) atoms. The Morgan fingerprint density at radius 1 is 0.882 bits per heavy atom. The van der Waals surface area contributed by atoms with E-state index in [1.54, 1.807) is 0 Å². The first kappa shape index (κ1) is 24.6. The molecular weight excluding hydrogens is 346 g/mol. The van der Waals surface area contributed by atoms with Crippen LogP contribution in [0.5, 0.6) is 0 Å². The zero-order chi connectivity index (χ0) is 11.0. The molecule has 0 unspecified atom stereocenters. The minimum absolute atomic E-state index is 0. The summed E-state index contributed by atoms with van der Waals surface area (Å²) in [5, 5.41) is 0. The maximum Gasteiger partial charge on any atom is 1.00 e. The van der Waals surface area contributed by atoms with E-state index in [0.717, 1.165) is 18.2 Å². The first-order valence-corrected chi connectivity index (χ1v) is 6.14. The molecule has 2 N–H and O–H groups in total. The molecule has 0 aliphatic rings. The minimum atomic E-state index is -4.46. The zero-order valence-electron chi connectivity index (χ0n) is 11.1. The minimum Gasteiger partial charge on any atom is -1.00 e. The molecule has 1 aromatic carbocycles. The van der Waals surface area contributed by atoms with Gasteiger partial charge in [-0.25, -0.2) is 0 Å². The second-order valence-corrected chi connectivity index (χ2v) is 5.27. The normalized spacial score (nSPS) is 10.5. The van der Waals surface area contributed by atoms with Gasteiger partial charge < -0.3 is 2.85 Å². The predicted molar refractivity (Wildman–Crippen MR) is 55.5 cm³/mol. The number of hydrogen-bond donors (Lipinski definition) is 2.